The number of nitrogens with zero attached hydrogens (tertiary/aromatic N) is 5. The zero-order valence-corrected chi connectivity index (χ0v) is 8.38. The molecule has 2 heterocycles. The Morgan fingerprint density at radius 2 is 2.00 bits per heavy atom. The second-order valence-corrected chi connectivity index (χ2v) is 3.09. The molecular formula is C9H9N5O. The van der Waals surface area contributed by atoms with Gasteiger partial charge in [-0.05, 0) is 6.92 Å². The Balaban J connectivity index is 2.37. The van der Waals surface area contributed by atoms with Gasteiger partial charge in [0.1, 0.15) is 17.2 Å². The van der Waals surface area contributed by atoms with Gasteiger partial charge < -0.3 is 0 Å². The molecule has 2 rings (SSSR count). The van der Waals surface area contributed by atoms with Gasteiger partial charge in [0.2, 0.25) is 0 Å². The van der Waals surface area contributed by atoms with Crippen LogP contribution in [-0.4, -0.2) is 30.7 Å². The third-order valence-electron chi connectivity index (χ3n) is 1.89. The standard InChI is InChI=1S/C9H9N5O/c1-6(15)9-5-14(13-12-9)8-3-10-7(2)11-4-8/h3-5H,1-2H3. The predicted molar refractivity (Wildman–Crippen MR) is 51.7 cm³/mol. The predicted octanol–water partition coefficient (Wildman–Crippen LogP) is 0.568. The molecule has 0 aromatic carbocycles. The Morgan fingerprint density at radius 1 is 1.33 bits per heavy atom. The first kappa shape index (κ1) is 9.45. The molecule has 0 amide bonds. The van der Waals surface area contributed by atoms with Gasteiger partial charge in [-0.3, -0.25) is 4.79 Å². The SMILES string of the molecule is CC(=O)c1cn(-c2cnc(C)nc2)nn1. The molecule has 0 atom stereocenters. The first-order chi connectivity index (χ1) is 7.16. The summed E-state index contributed by atoms with van der Waals surface area (Å²) in [5.74, 6) is 0.569. The van der Waals surface area contributed by atoms with Crippen molar-refractivity contribution in [3.05, 3.63) is 30.1 Å². The molecule has 0 saturated heterocycles. The number of aromatic nitrogens is 5. The lowest BCUT2D eigenvalue weighted by Gasteiger charge is -1.97. The Labute approximate surface area is 86.0 Å². The van der Waals surface area contributed by atoms with Crippen molar-refractivity contribution < 1.29 is 4.79 Å². The summed E-state index contributed by atoms with van der Waals surface area (Å²) < 4.78 is 1.47. The van der Waals surface area contributed by atoms with Crippen LogP contribution in [0.5, 0.6) is 0 Å². The van der Waals surface area contributed by atoms with Crippen LogP contribution < -0.4 is 0 Å². The van der Waals surface area contributed by atoms with E-state index in [0.717, 1.165) is 0 Å². The highest BCUT2D eigenvalue weighted by Crippen LogP contribution is 2.03. The third-order valence-corrected chi connectivity index (χ3v) is 1.89. The number of hydrogen-bond acceptors (Lipinski definition) is 5. The Kier molecular flexibility index (Phi) is 2.24. The quantitative estimate of drug-likeness (QED) is 0.667. The van der Waals surface area contributed by atoms with Crippen LogP contribution in [0.1, 0.15) is 23.2 Å². The molecule has 0 radical (unpaired) electrons. The van der Waals surface area contributed by atoms with E-state index in [4.69, 9.17) is 0 Å². The van der Waals surface area contributed by atoms with Crippen LogP contribution >= 0.6 is 0 Å². The van der Waals surface area contributed by atoms with Crippen molar-refractivity contribution in [1.82, 2.24) is 25.0 Å². The van der Waals surface area contributed by atoms with Crippen LogP contribution in [0.25, 0.3) is 5.69 Å². The molecule has 0 aliphatic carbocycles. The fraction of sp³-hybridized carbons (Fsp3) is 0.222. The molecule has 0 fully saturated rings. The minimum atomic E-state index is -0.116. The smallest absolute Gasteiger partial charge is 0.181 e. The van der Waals surface area contributed by atoms with E-state index in [0.29, 0.717) is 17.2 Å². The number of rotatable bonds is 2. The van der Waals surface area contributed by atoms with E-state index in [1.54, 1.807) is 25.5 Å². The molecule has 0 aliphatic rings. The van der Waals surface area contributed by atoms with E-state index in [2.05, 4.69) is 20.3 Å². The topological polar surface area (TPSA) is 73.6 Å². The van der Waals surface area contributed by atoms with Crippen molar-refractivity contribution in [3.63, 3.8) is 0 Å². The van der Waals surface area contributed by atoms with Gasteiger partial charge in [-0.2, -0.15) is 0 Å². The Hall–Kier alpha value is -2.11. The van der Waals surface area contributed by atoms with Crippen LogP contribution in [0.15, 0.2) is 18.6 Å². The minimum absolute atomic E-state index is 0.116. The fourth-order valence-electron chi connectivity index (χ4n) is 1.06. The van der Waals surface area contributed by atoms with Crippen molar-refractivity contribution in [3.8, 4) is 5.69 Å². The van der Waals surface area contributed by atoms with E-state index in [1.807, 2.05) is 0 Å². The second-order valence-electron chi connectivity index (χ2n) is 3.09. The van der Waals surface area contributed by atoms with E-state index in [9.17, 15) is 4.79 Å². The summed E-state index contributed by atoms with van der Waals surface area (Å²) in [4.78, 5) is 19.0. The van der Waals surface area contributed by atoms with Gasteiger partial charge in [0, 0.05) is 6.92 Å². The molecule has 0 unspecified atom stereocenters. The van der Waals surface area contributed by atoms with E-state index in [1.165, 1.54) is 11.6 Å². The fourth-order valence-corrected chi connectivity index (χ4v) is 1.06. The molecule has 2 aromatic heterocycles. The molecule has 0 bridgehead atoms. The molecule has 0 spiro atoms. The van der Waals surface area contributed by atoms with E-state index >= 15 is 0 Å². The number of carbonyl (C=O) groups excluding carboxylic acids is 1. The molecule has 2 aromatic rings. The highest BCUT2D eigenvalue weighted by atomic mass is 16.1. The monoisotopic (exact) mass is 203 g/mol. The first-order valence-electron chi connectivity index (χ1n) is 4.39. The third kappa shape index (κ3) is 1.88. The van der Waals surface area contributed by atoms with Gasteiger partial charge in [-0.1, -0.05) is 5.21 Å². The number of Topliss-reactive ketones (excluding diaryl/α,β-unsaturated/α-hetero) is 1. The van der Waals surface area contributed by atoms with Gasteiger partial charge in [0.05, 0.1) is 18.6 Å². The van der Waals surface area contributed by atoms with Gasteiger partial charge in [0.15, 0.2) is 5.78 Å². The van der Waals surface area contributed by atoms with Crippen LogP contribution in [0.3, 0.4) is 0 Å². The summed E-state index contributed by atoms with van der Waals surface area (Å²) in [5.41, 5.74) is 1.01. The average Bonchev–Trinajstić information content (AvgIpc) is 2.68. The lowest BCUT2D eigenvalue weighted by atomic mass is 10.3. The van der Waals surface area contributed by atoms with E-state index < -0.39 is 0 Å². The van der Waals surface area contributed by atoms with Crippen molar-refractivity contribution in [2.45, 2.75) is 13.8 Å². The van der Waals surface area contributed by atoms with Gasteiger partial charge in [0.25, 0.3) is 0 Å². The number of hydrogen-bond donors (Lipinski definition) is 0. The molecule has 6 nitrogen and oxygen atoms in total. The molecule has 76 valence electrons. The van der Waals surface area contributed by atoms with Crippen LogP contribution in [0.2, 0.25) is 0 Å². The summed E-state index contributed by atoms with van der Waals surface area (Å²) >= 11 is 0. The number of carbonyl (C=O) groups is 1. The maximum Gasteiger partial charge on any atom is 0.181 e. The summed E-state index contributed by atoms with van der Waals surface area (Å²) in [6, 6.07) is 0. The highest BCUT2D eigenvalue weighted by molar-refractivity contribution is 5.91. The molecular weight excluding hydrogens is 194 g/mol. The zero-order chi connectivity index (χ0) is 10.8. The normalized spacial score (nSPS) is 10.3. The maximum absolute atomic E-state index is 11.0. The summed E-state index contributed by atoms with van der Waals surface area (Å²) in [6.45, 7) is 3.24. The van der Waals surface area contributed by atoms with Gasteiger partial charge in [-0.15, -0.1) is 5.10 Å². The van der Waals surface area contributed by atoms with E-state index in [-0.39, 0.29) is 5.78 Å². The summed E-state index contributed by atoms with van der Waals surface area (Å²) in [5, 5.41) is 7.53. The van der Waals surface area contributed by atoms with Gasteiger partial charge >= 0.3 is 0 Å². The first-order valence-corrected chi connectivity index (χ1v) is 4.39. The zero-order valence-electron chi connectivity index (χ0n) is 8.38. The van der Waals surface area contributed by atoms with Crippen LogP contribution in [0.4, 0.5) is 0 Å². The molecule has 0 N–H and O–H groups in total. The molecule has 0 aliphatic heterocycles. The maximum atomic E-state index is 11.0. The van der Waals surface area contributed by atoms with Crippen molar-refractivity contribution in [2.24, 2.45) is 0 Å². The largest absolute Gasteiger partial charge is 0.293 e. The lowest BCUT2D eigenvalue weighted by Crippen LogP contribution is -1.98. The number of aryl methyl sites for hydroxylation is 1. The number of ketones is 1. The Morgan fingerprint density at radius 3 is 2.53 bits per heavy atom. The van der Waals surface area contributed by atoms with Crippen molar-refractivity contribution in [2.75, 3.05) is 0 Å². The highest BCUT2D eigenvalue weighted by Gasteiger charge is 2.06. The lowest BCUT2D eigenvalue weighted by molar-refractivity contribution is 0.101. The molecule has 15 heavy (non-hydrogen) atoms. The van der Waals surface area contributed by atoms with Crippen LogP contribution in [0, 0.1) is 6.92 Å². The van der Waals surface area contributed by atoms with Crippen molar-refractivity contribution >= 4 is 5.78 Å². The molecule has 0 saturated carbocycles. The molecule has 6 heteroatoms. The summed E-state index contributed by atoms with van der Waals surface area (Å²) in [7, 11) is 0. The summed E-state index contributed by atoms with van der Waals surface area (Å²) in [6.07, 6.45) is 4.80. The Bertz CT molecular complexity index is 487. The van der Waals surface area contributed by atoms with Gasteiger partial charge in [-0.25, -0.2) is 14.6 Å². The second kappa shape index (κ2) is 3.56. The average molecular weight is 203 g/mol. The van der Waals surface area contributed by atoms with Crippen LogP contribution in [-0.2, 0) is 0 Å². The van der Waals surface area contributed by atoms with Crippen molar-refractivity contribution in [1.29, 1.82) is 0 Å². The minimum Gasteiger partial charge on any atom is -0.293 e.